The van der Waals surface area contributed by atoms with Gasteiger partial charge in [-0.2, -0.15) is 0 Å². The van der Waals surface area contributed by atoms with E-state index >= 15 is 0 Å². The Bertz CT molecular complexity index is 795. The van der Waals surface area contributed by atoms with Crippen molar-refractivity contribution in [1.82, 2.24) is 0 Å². The quantitative estimate of drug-likeness (QED) is 0.702. The second kappa shape index (κ2) is 7.31. The molecule has 0 unspecified atom stereocenters. The van der Waals surface area contributed by atoms with E-state index in [2.05, 4.69) is 84.4 Å². The Hall–Kier alpha value is -2.61. The van der Waals surface area contributed by atoms with E-state index in [0.717, 1.165) is 17.9 Å². The molecular weight excluding hydrogens is 292 g/mol. The Labute approximate surface area is 144 Å². The van der Waals surface area contributed by atoms with E-state index in [1.54, 1.807) is 0 Å². The van der Waals surface area contributed by atoms with E-state index in [-0.39, 0.29) is 0 Å². The van der Waals surface area contributed by atoms with Crippen molar-refractivity contribution in [1.29, 1.82) is 0 Å². The van der Waals surface area contributed by atoms with Crippen molar-refractivity contribution in [2.45, 2.75) is 33.6 Å². The second-order valence-corrected chi connectivity index (χ2v) is 6.05. The van der Waals surface area contributed by atoms with Gasteiger partial charge in [0.2, 0.25) is 0 Å². The summed E-state index contributed by atoms with van der Waals surface area (Å²) in [5, 5.41) is 0. The third-order valence-corrected chi connectivity index (χ3v) is 4.31. The van der Waals surface area contributed by atoms with Crippen LogP contribution in [0.25, 0.3) is 5.70 Å². The SMILES string of the molecule is CC=C1N=CC=C(c2ccc(CCC)cc2)N1c1ccccc1C. The number of aryl methyl sites for hydroxylation is 2. The van der Waals surface area contributed by atoms with Crippen LogP contribution in [0.1, 0.15) is 37.0 Å². The fraction of sp³-hybridized carbons (Fsp3) is 0.227. The summed E-state index contributed by atoms with van der Waals surface area (Å²) in [4.78, 5) is 6.80. The Balaban J connectivity index is 2.05. The molecule has 3 rings (SSSR count). The molecule has 2 heteroatoms. The summed E-state index contributed by atoms with van der Waals surface area (Å²) < 4.78 is 0. The lowest BCUT2D eigenvalue weighted by atomic mass is 10.0. The van der Waals surface area contributed by atoms with Crippen molar-refractivity contribution in [2.75, 3.05) is 4.90 Å². The molecule has 0 amide bonds. The maximum atomic E-state index is 4.56. The molecule has 2 nitrogen and oxygen atoms in total. The summed E-state index contributed by atoms with van der Waals surface area (Å²) in [5.41, 5.74) is 6.17. The third kappa shape index (κ3) is 3.18. The molecule has 1 aliphatic rings. The van der Waals surface area contributed by atoms with Crippen LogP contribution in [0.3, 0.4) is 0 Å². The largest absolute Gasteiger partial charge is 0.294 e. The zero-order valence-electron chi connectivity index (χ0n) is 14.7. The summed E-state index contributed by atoms with van der Waals surface area (Å²) in [6.07, 6.45) is 8.34. The minimum Gasteiger partial charge on any atom is -0.294 e. The maximum absolute atomic E-state index is 4.56. The van der Waals surface area contributed by atoms with Gasteiger partial charge >= 0.3 is 0 Å². The highest BCUT2D eigenvalue weighted by Gasteiger charge is 2.21. The molecule has 0 spiro atoms. The number of anilines is 1. The lowest BCUT2D eigenvalue weighted by Crippen LogP contribution is -2.23. The summed E-state index contributed by atoms with van der Waals surface area (Å²) in [6, 6.07) is 17.3. The van der Waals surface area contributed by atoms with Crippen molar-refractivity contribution >= 4 is 17.6 Å². The van der Waals surface area contributed by atoms with Crippen molar-refractivity contribution in [2.24, 2.45) is 4.99 Å². The van der Waals surface area contributed by atoms with E-state index in [9.17, 15) is 0 Å². The molecule has 1 aliphatic heterocycles. The predicted molar refractivity (Wildman–Crippen MR) is 104 cm³/mol. The van der Waals surface area contributed by atoms with E-state index in [4.69, 9.17) is 0 Å². The highest BCUT2D eigenvalue weighted by Crippen LogP contribution is 2.34. The molecular formula is C22H24N2. The lowest BCUT2D eigenvalue weighted by Gasteiger charge is -2.31. The van der Waals surface area contributed by atoms with Crippen LogP contribution in [0.2, 0.25) is 0 Å². The van der Waals surface area contributed by atoms with Gasteiger partial charge in [-0.1, -0.05) is 55.8 Å². The second-order valence-electron chi connectivity index (χ2n) is 6.05. The predicted octanol–water partition coefficient (Wildman–Crippen LogP) is 5.74. The molecule has 2 aromatic rings. The van der Waals surface area contributed by atoms with Crippen LogP contribution in [0.5, 0.6) is 0 Å². The van der Waals surface area contributed by atoms with Crippen molar-refractivity contribution < 1.29 is 0 Å². The fourth-order valence-electron chi connectivity index (χ4n) is 3.07. The topological polar surface area (TPSA) is 15.6 Å². The molecule has 0 saturated heterocycles. The number of nitrogens with zero attached hydrogens (tertiary/aromatic N) is 2. The zero-order valence-corrected chi connectivity index (χ0v) is 14.7. The van der Waals surface area contributed by atoms with Gasteiger partial charge < -0.3 is 0 Å². The van der Waals surface area contributed by atoms with Gasteiger partial charge in [-0.15, -0.1) is 0 Å². The number of hydrogen-bond donors (Lipinski definition) is 0. The van der Waals surface area contributed by atoms with Crippen molar-refractivity contribution in [3.63, 3.8) is 0 Å². The molecule has 2 aromatic carbocycles. The molecule has 0 aliphatic carbocycles. The molecule has 1 heterocycles. The molecule has 0 atom stereocenters. The number of para-hydroxylation sites is 1. The highest BCUT2D eigenvalue weighted by molar-refractivity contribution is 5.96. The molecule has 0 saturated carbocycles. The Morgan fingerprint density at radius 3 is 2.46 bits per heavy atom. The van der Waals surface area contributed by atoms with Gasteiger partial charge in [-0.05, 0) is 55.2 Å². The standard InChI is InChI=1S/C22H24N2/c1-4-8-18-11-13-19(14-12-18)21-15-16-23-22(5-2)24(21)20-10-7-6-9-17(20)3/h5-7,9-16H,4,8H2,1-3H3. The number of allylic oxidation sites excluding steroid dienone is 2. The highest BCUT2D eigenvalue weighted by atomic mass is 15.2. The van der Waals surface area contributed by atoms with E-state index in [1.165, 1.54) is 28.8 Å². The van der Waals surface area contributed by atoms with E-state index in [1.807, 2.05) is 13.1 Å². The Kier molecular flexibility index (Phi) is 4.95. The van der Waals surface area contributed by atoms with Gasteiger partial charge in [0.05, 0.1) is 11.4 Å². The van der Waals surface area contributed by atoms with Crippen LogP contribution in [0.15, 0.2) is 71.5 Å². The average Bonchev–Trinajstić information content (AvgIpc) is 2.62. The number of aliphatic imine (C=N–C) groups is 1. The molecule has 24 heavy (non-hydrogen) atoms. The number of benzene rings is 2. The summed E-state index contributed by atoms with van der Waals surface area (Å²) in [7, 11) is 0. The van der Waals surface area contributed by atoms with Crippen LogP contribution >= 0.6 is 0 Å². The zero-order chi connectivity index (χ0) is 16.9. The normalized spacial score (nSPS) is 15.7. The van der Waals surface area contributed by atoms with Crippen LogP contribution in [0.4, 0.5) is 5.69 Å². The first-order chi connectivity index (χ1) is 11.7. The smallest absolute Gasteiger partial charge is 0.133 e. The number of rotatable bonds is 4. The Morgan fingerprint density at radius 1 is 1.04 bits per heavy atom. The average molecular weight is 316 g/mol. The van der Waals surface area contributed by atoms with Gasteiger partial charge in [-0.25, -0.2) is 4.99 Å². The van der Waals surface area contributed by atoms with Crippen LogP contribution in [-0.2, 0) is 6.42 Å². The molecule has 0 bridgehead atoms. The molecule has 0 fully saturated rings. The fourth-order valence-corrected chi connectivity index (χ4v) is 3.07. The Morgan fingerprint density at radius 2 is 1.79 bits per heavy atom. The molecule has 0 N–H and O–H groups in total. The van der Waals surface area contributed by atoms with Crippen LogP contribution in [0, 0.1) is 6.92 Å². The van der Waals surface area contributed by atoms with Gasteiger partial charge in [0.25, 0.3) is 0 Å². The molecule has 0 aromatic heterocycles. The summed E-state index contributed by atoms with van der Waals surface area (Å²) >= 11 is 0. The van der Waals surface area contributed by atoms with E-state index in [0.29, 0.717) is 0 Å². The van der Waals surface area contributed by atoms with Gasteiger partial charge in [0.1, 0.15) is 5.82 Å². The number of hydrogen-bond acceptors (Lipinski definition) is 2. The van der Waals surface area contributed by atoms with Gasteiger partial charge in [0, 0.05) is 6.21 Å². The minimum absolute atomic E-state index is 0.958. The molecule has 122 valence electrons. The van der Waals surface area contributed by atoms with Crippen molar-refractivity contribution in [3.05, 3.63) is 83.2 Å². The van der Waals surface area contributed by atoms with Crippen LogP contribution < -0.4 is 4.90 Å². The van der Waals surface area contributed by atoms with Crippen LogP contribution in [-0.4, -0.2) is 6.21 Å². The third-order valence-electron chi connectivity index (χ3n) is 4.31. The minimum atomic E-state index is 0.958. The summed E-state index contributed by atoms with van der Waals surface area (Å²) in [6.45, 7) is 6.39. The first kappa shape index (κ1) is 16.3. The molecule has 0 radical (unpaired) electrons. The monoisotopic (exact) mass is 316 g/mol. The maximum Gasteiger partial charge on any atom is 0.133 e. The summed E-state index contributed by atoms with van der Waals surface area (Å²) in [5.74, 6) is 0.958. The first-order valence-corrected chi connectivity index (χ1v) is 8.60. The van der Waals surface area contributed by atoms with Gasteiger partial charge in [0.15, 0.2) is 0 Å². The first-order valence-electron chi connectivity index (χ1n) is 8.60. The lowest BCUT2D eigenvalue weighted by molar-refractivity contribution is 0.921. The van der Waals surface area contributed by atoms with E-state index < -0.39 is 0 Å². The van der Waals surface area contributed by atoms with Gasteiger partial charge in [-0.3, -0.25) is 4.90 Å². The van der Waals surface area contributed by atoms with Crippen molar-refractivity contribution in [3.8, 4) is 0 Å².